The normalized spacial score (nSPS) is 9.92. The number of hydrogen-bond acceptors (Lipinski definition) is 3. The van der Waals surface area contributed by atoms with Crippen LogP contribution in [0.2, 0.25) is 0 Å². The molecule has 0 saturated heterocycles. The van der Waals surface area contributed by atoms with Crippen molar-refractivity contribution in [2.45, 2.75) is 20.4 Å². The molecule has 0 radical (unpaired) electrons. The lowest BCUT2D eigenvalue weighted by Crippen LogP contribution is -2.08. The Labute approximate surface area is 73.0 Å². The Morgan fingerprint density at radius 1 is 1.58 bits per heavy atom. The van der Waals surface area contributed by atoms with Crippen molar-refractivity contribution in [1.82, 2.24) is 4.98 Å². The highest BCUT2D eigenvalue weighted by Crippen LogP contribution is 2.14. The minimum atomic E-state index is 0.544. The predicted octanol–water partition coefficient (Wildman–Crippen LogP) is 1.28. The van der Waals surface area contributed by atoms with Gasteiger partial charge in [-0.05, 0) is 25.5 Å². The number of nitrogens with zero attached hydrogens (tertiary/aromatic N) is 1. The lowest BCUT2D eigenvalue weighted by atomic mass is 10.1. The molecule has 0 saturated carbocycles. The molecular formula is C9H15N3. The van der Waals surface area contributed by atoms with Crippen LogP contribution < -0.4 is 11.1 Å². The van der Waals surface area contributed by atoms with Crippen LogP contribution >= 0.6 is 0 Å². The molecule has 1 rings (SSSR count). The molecule has 12 heavy (non-hydrogen) atoms. The Morgan fingerprint density at radius 3 is 2.92 bits per heavy atom. The first-order valence-corrected chi connectivity index (χ1v) is 4.18. The molecule has 3 heteroatoms. The molecule has 3 nitrogen and oxygen atoms in total. The quantitative estimate of drug-likeness (QED) is 0.709. The van der Waals surface area contributed by atoms with Crippen LogP contribution in [0.1, 0.15) is 18.1 Å². The topological polar surface area (TPSA) is 50.9 Å². The van der Waals surface area contributed by atoms with Crippen molar-refractivity contribution in [3.8, 4) is 0 Å². The van der Waals surface area contributed by atoms with E-state index >= 15 is 0 Å². The van der Waals surface area contributed by atoms with E-state index in [1.54, 1.807) is 6.20 Å². The Hall–Kier alpha value is -1.09. The van der Waals surface area contributed by atoms with Crippen molar-refractivity contribution in [3.05, 3.63) is 23.4 Å². The second-order valence-electron chi connectivity index (χ2n) is 2.69. The minimum absolute atomic E-state index is 0.544. The first-order chi connectivity index (χ1) is 5.79. The standard InChI is InChI=1S/C9H15N3/c1-3-11-9-8(6-10)7(2)4-5-12-9/h4-5H,3,6,10H2,1-2H3,(H,11,12). The zero-order valence-corrected chi connectivity index (χ0v) is 7.59. The predicted molar refractivity (Wildman–Crippen MR) is 51.0 cm³/mol. The Balaban J connectivity index is 3.00. The number of nitrogens with one attached hydrogen (secondary N) is 1. The first kappa shape index (κ1) is 9.00. The van der Waals surface area contributed by atoms with Crippen molar-refractivity contribution >= 4 is 5.82 Å². The largest absolute Gasteiger partial charge is 0.370 e. The molecule has 0 aliphatic heterocycles. The van der Waals surface area contributed by atoms with Crippen molar-refractivity contribution in [2.75, 3.05) is 11.9 Å². The van der Waals surface area contributed by atoms with Gasteiger partial charge in [0.1, 0.15) is 5.82 Å². The maximum atomic E-state index is 5.60. The van der Waals surface area contributed by atoms with E-state index in [0.717, 1.165) is 17.9 Å². The van der Waals surface area contributed by atoms with Crippen LogP contribution in [-0.4, -0.2) is 11.5 Å². The van der Waals surface area contributed by atoms with E-state index in [1.165, 1.54) is 5.56 Å². The number of rotatable bonds is 3. The van der Waals surface area contributed by atoms with Crippen LogP contribution in [0.3, 0.4) is 0 Å². The molecule has 0 spiro atoms. The van der Waals surface area contributed by atoms with Gasteiger partial charge in [-0.1, -0.05) is 0 Å². The van der Waals surface area contributed by atoms with E-state index < -0.39 is 0 Å². The zero-order valence-electron chi connectivity index (χ0n) is 7.59. The molecule has 0 aliphatic rings. The summed E-state index contributed by atoms with van der Waals surface area (Å²) in [6.45, 7) is 5.51. The third kappa shape index (κ3) is 1.74. The van der Waals surface area contributed by atoms with Crippen LogP contribution in [0.4, 0.5) is 5.82 Å². The second-order valence-corrected chi connectivity index (χ2v) is 2.69. The number of pyridine rings is 1. The smallest absolute Gasteiger partial charge is 0.130 e. The van der Waals surface area contributed by atoms with Gasteiger partial charge in [-0.15, -0.1) is 0 Å². The van der Waals surface area contributed by atoms with Crippen molar-refractivity contribution < 1.29 is 0 Å². The van der Waals surface area contributed by atoms with Gasteiger partial charge in [0.05, 0.1) is 0 Å². The highest BCUT2D eigenvalue weighted by Gasteiger charge is 2.02. The third-order valence-electron chi connectivity index (χ3n) is 1.84. The summed E-state index contributed by atoms with van der Waals surface area (Å²) in [7, 11) is 0. The van der Waals surface area contributed by atoms with Gasteiger partial charge in [-0.3, -0.25) is 0 Å². The molecule has 0 amide bonds. The first-order valence-electron chi connectivity index (χ1n) is 4.18. The fourth-order valence-electron chi connectivity index (χ4n) is 1.17. The molecular weight excluding hydrogens is 150 g/mol. The maximum absolute atomic E-state index is 5.60. The van der Waals surface area contributed by atoms with Gasteiger partial charge in [0.25, 0.3) is 0 Å². The maximum Gasteiger partial charge on any atom is 0.130 e. The van der Waals surface area contributed by atoms with E-state index in [-0.39, 0.29) is 0 Å². The zero-order chi connectivity index (χ0) is 8.97. The summed E-state index contributed by atoms with van der Waals surface area (Å²) in [6.07, 6.45) is 1.80. The van der Waals surface area contributed by atoms with E-state index in [0.29, 0.717) is 6.54 Å². The molecule has 0 aliphatic carbocycles. The monoisotopic (exact) mass is 165 g/mol. The van der Waals surface area contributed by atoms with Gasteiger partial charge in [-0.25, -0.2) is 4.98 Å². The Kier molecular flexibility index (Phi) is 3.05. The van der Waals surface area contributed by atoms with E-state index in [4.69, 9.17) is 5.73 Å². The van der Waals surface area contributed by atoms with E-state index in [9.17, 15) is 0 Å². The molecule has 3 N–H and O–H groups in total. The number of aryl methyl sites for hydroxylation is 1. The minimum Gasteiger partial charge on any atom is -0.370 e. The van der Waals surface area contributed by atoms with E-state index in [1.807, 2.05) is 19.9 Å². The average Bonchev–Trinajstić information content (AvgIpc) is 2.05. The molecule has 0 unspecified atom stereocenters. The summed E-state index contributed by atoms with van der Waals surface area (Å²) < 4.78 is 0. The van der Waals surface area contributed by atoms with Crippen molar-refractivity contribution in [1.29, 1.82) is 0 Å². The molecule has 1 aromatic heterocycles. The van der Waals surface area contributed by atoms with Gasteiger partial charge in [0.2, 0.25) is 0 Å². The molecule has 66 valence electrons. The van der Waals surface area contributed by atoms with Gasteiger partial charge in [-0.2, -0.15) is 0 Å². The van der Waals surface area contributed by atoms with Gasteiger partial charge < -0.3 is 11.1 Å². The highest BCUT2D eigenvalue weighted by molar-refractivity contribution is 5.47. The summed E-state index contributed by atoms with van der Waals surface area (Å²) in [5.74, 6) is 0.917. The molecule has 0 aromatic carbocycles. The van der Waals surface area contributed by atoms with Gasteiger partial charge in [0.15, 0.2) is 0 Å². The fourth-order valence-corrected chi connectivity index (χ4v) is 1.17. The average molecular weight is 165 g/mol. The Morgan fingerprint density at radius 2 is 2.33 bits per heavy atom. The van der Waals surface area contributed by atoms with Crippen LogP contribution in [0.25, 0.3) is 0 Å². The Bertz CT molecular complexity index is 258. The molecule has 1 aromatic rings. The van der Waals surface area contributed by atoms with Crippen molar-refractivity contribution in [2.24, 2.45) is 5.73 Å². The lowest BCUT2D eigenvalue weighted by Gasteiger charge is -2.09. The summed E-state index contributed by atoms with van der Waals surface area (Å²) in [4.78, 5) is 4.21. The van der Waals surface area contributed by atoms with Gasteiger partial charge in [0, 0.05) is 24.8 Å². The SMILES string of the molecule is CCNc1nccc(C)c1CN. The fraction of sp³-hybridized carbons (Fsp3) is 0.444. The number of hydrogen-bond donors (Lipinski definition) is 2. The number of nitrogens with two attached hydrogens (primary N) is 1. The lowest BCUT2D eigenvalue weighted by molar-refractivity contribution is 1.01. The van der Waals surface area contributed by atoms with Crippen molar-refractivity contribution in [3.63, 3.8) is 0 Å². The molecule has 0 fully saturated rings. The second kappa shape index (κ2) is 4.07. The summed E-state index contributed by atoms with van der Waals surface area (Å²) in [6, 6.07) is 1.98. The third-order valence-corrected chi connectivity index (χ3v) is 1.84. The van der Waals surface area contributed by atoms with E-state index in [2.05, 4.69) is 10.3 Å². The van der Waals surface area contributed by atoms with Crippen LogP contribution in [0.5, 0.6) is 0 Å². The van der Waals surface area contributed by atoms with Crippen LogP contribution in [0.15, 0.2) is 12.3 Å². The number of aromatic nitrogens is 1. The summed E-state index contributed by atoms with van der Waals surface area (Å²) in [5, 5.41) is 3.18. The molecule has 0 atom stereocenters. The van der Waals surface area contributed by atoms with Crippen LogP contribution in [-0.2, 0) is 6.54 Å². The summed E-state index contributed by atoms with van der Waals surface area (Å²) >= 11 is 0. The highest BCUT2D eigenvalue weighted by atomic mass is 15.0. The number of anilines is 1. The summed E-state index contributed by atoms with van der Waals surface area (Å²) in [5.41, 5.74) is 7.91. The van der Waals surface area contributed by atoms with Crippen LogP contribution in [0, 0.1) is 6.92 Å². The molecule has 0 bridgehead atoms. The van der Waals surface area contributed by atoms with Gasteiger partial charge >= 0.3 is 0 Å². The molecule has 1 heterocycles.